The van der Waals surface area contributed by atoms with Crippen molar-refractivity contribution in [2.75, 3.05) is 6.54 Å². The van der Waals surface area contributed by atoms with Gasteiger partial charge in [0.25, 0.3) is 0 Å². The van der Waals surface area contributed by atoms with Gasteiger partial charge >= 0.3 is 6.03 Å². The summed E-state index contributed by atoms with van der Waals surface area (Å²) in [5.74, 6) is -0.277. The van der Waals surface area contributed by atoms with E-state index < -0.39 is 6.10 Å². The van der Waals surface area contributed by atoms with Gasteiger partial charge in [0.1, 0.15) is 5.82 Å². The van der Waals surface area contributed by atoms with E-state index in [1.165, 1.54) is 12.1 Å². The Hall–Kier alpha value is -1.62. The maximum absolute atomic E-state index is 13.4. The van der Waals surface area contributed by atoms with E-state index >= 15 is 0 Å². The average molecular weight is 294 g/mol. The van der Waals surface area contributed by atoms with Crippen molar-refractivity contribution in [3.8, 4) is 0 Å². The number of fused-ring (bicyclic) bond motifs is 1. The van der Waals surface area contributed by atoms with Crippen LogP contribution in [0.3, 0.4) is 0 Å². The second kappa shape index (κ2) is 7.41. The SMILES string of the molecule is CCCC(O)CNC(=O)NC1CCCc2ccc(F)cc21. The lowest BCUT2D eigenvalue weighted by molar-refractivity contribution is 0.159. The highest BCUT2D eigenvalue weighted by atomic mass is 19.1. The molecule has 116 valence electrons. The number of nitrogens with one attached hydrogen (secondary N) is 2. The molecule has 3 N–H and O–H groups in total. The third-order valence-electron chi connectivity index (χ3n) is 3.85. The molecule has 0 bridgehead atoms. The highest BCUT2D eigenvalue weighted by molar-refractivity contribution is 5.74. The standard InChI is InChI=1S/C16H23FN2O2/c1-2-4-13(20)10-18-16(21)19-15-6-3-5-11-7-8-12(17)9-14(11)15/h7-9,13,15,20H,2-6,10H2,1H3,(H2,18,19,21). The van der Waals surface area contributed by atoms with Crippen LogP contribution in [-0.2, 0) is 6.42 Å². The maximum Gasteiger partial charge on any atom is 0.315 e. The Morgan fingerprint density at radius 3 is 3.10 bits per heavy atom. The summed E-state index contributed by atoms with van der Waals surface area (Å²) in [6.07, 6.45) is 3.72. The zero-order valence-electron chi connectivity index (χ0n) is 12.4. The Balaban J connectivity index is 1.92. The summed E-state index contributed by atoms with van der Waals surface area (Å²) in [6, 6.07) is 4.29. The summed E-state index contributed by atoms with van der Waals surface area (Å²) in [4.78, 5) is 11.9. The largest absolute Gasteiger partial charge is 0.391 e. The smallest absolute Gasteiger partial charge is 0.315 e. The Labute approximate surface area is 124 Å². The summed E-state index contributed by atoms with van der Waals surface area (Å²) in [5.41, 5.74) is 1.96. The molecule has 0 radical (unpaired) electrons. The molecule has 4 nitrogen and oxygen atoms in total. The quantitative estimate of drug-likeness (QED) is 0.782. The van der Waals surface area contributed by atoms with Crippen LogP contribution in [-0.4, -0.2) is 23.8 Å². The first-order chi connectivity index (χ1) is 10.1. The molecule has 2 unspecified atom stereocenters. The lowest BCUT2D eigenvalue weighted by Crippen LogP contribution is -2.42. The maximum atomic E-state index is 13.4. The summed E-state index contributed by atoms with van der Waals surface area (Å²) in [7, 11) is 0. The summed E-state index contributed by atoms with van der Waals surface area (Å²) in [6.45, 7) is 2.22. The van der Waals surface area contributed by atoms with Gasteiger partial charge in [0.05, 0.1) is 12.1 Å². The van der Waals surface area contributed by atoms with Crippen LogP contribution in [0.15, 0.2) is 18.2 Å². The molecule has 21 heavy (non-hydrogen) atoms. The fraction of sp³-hybridized carbons (Fsp3) is 0.562. The molecule has 2 amide bonds. The molecule has 0 heterocycles. The minimum atomic E-state index is -0.517. The van der Waals surface area contributed by atoms with Crippen molar-refractivity contribution in [3.05, 3.63) is 35.1 Å². The number of benzene rings is 1. The number of urea groups is 1. The van der Waals surface area contributed by atoms with Crippen molar-refractivity contribution in [3.63, 3.8) is 0 Å². The summed E-state index contributed by atoms with van der Waals surface area (Å²) in [5, 5.41) is 15.1. The van der Waals surface area contributed by atoms with E-state index in [-0.39, 0.29) is 24.4 Å². The monoisotopic (exact) mass is 294 g/mol. The highest BCUT2D eigenvalue weighted by Gasteiger charge is 2.22. The molecule has 5 heteroatoms. The second-order valence-corrected chi connectivity index (χ2v) is 5.58. The average Bonchev–Trinajstić information content (AvgIpc) is 2.46. The molecule has 2 rings (SSSR count). The van der Waals surface area contributed by atoms with Crippen molar-refractivity contribution in [2.45, 2.75) is 51.2 Å². The minimum Gasteiger partial charge on any atom is -0.391 e. The molecule has 1 aliphatic carbocycles. The van der Waals surface area contributed by atoms with E-state index in [1.54, 1.807) is 6.07 Å². The van der Waals surface area contributed by atoms with Gasteiger partial charge in [-0.15, -0.1) is 0 Å². The Kier molecular flexibility index (Phi) is 5.56. The zero-order valence-corrected chi connectivity index (χ0v) is 12.4. The van der Waals surface area contributed by atoms with Crippen LogP contribution in [0, 0.1) is 5.82 Å². The van der Waals surface area contributed by atoms with Gasteiger partial charge in [-0.1, -0.05) is 19.4 Å². The lowest BCUT2D eigenvalue weighted by atomic mass is 9.87. The summed E-state index contributed by atoms with van der Waals surface area (Å²) < 4.78 is 13.4. The number of hydrogen-bond acceptors (Lipinski definition) is 2. The van der Waals surface area contributed by atoms with Gasteiger partial charge in [0, 0.05) is 6.54 Å². The van der Waals surface area contributed by atoms with Gasteiger partial charge in [-0.05, 0) is 48.9 Å². The van der Waals surface area contributed by atoms with Gasteiger partial charge in [-0.2, -0.15) is 0 Å². The van der Waals surface area contributed by atoms with Crippen molar-refractivity contribution >= 4 is 6.03 Å². The van der Waals surface area contributed by atoms with Gasteiger partial charge in [0.15, 0.2) is 0 Å². The first-order valence-electron chi connectivity index (χ1n) is 7.61. The number of carbonyl (C=O) groups excluding carboxylic acids is 1. The van der Waals surface area contributed by atoms with Crippen molar-refractivity contribution < 1.29 is 14.3 Å². The number of hydrogen-bond donors (Lipinski definition) is 3. The topological polar surface area (TPSA) is 61.4 Å². The molecule has 1 aliphatic rings. The number of aliphatic hydroxyl groups excluding tert-OH is 1. The molecule has 0 fully saturated rings. The first kappa shape index (κ1) is 15.8. The van der Waals surface area contributed by atoms with Crippen molar-refractivity contribution in [2.24, 2.45) is 0 Å². The van der Waals surface area contributed by atoms with E-state index in [0.717, 1.165) is 36.8 Å². The third-order valence-corrected chi connectivity index (χ3v) is 3.85. The van der Waals surface area contributed by atoms with Crippen LogP contribution in [0.1, 0.15) is 49.8 Å². The summed E-state index contributed by atoms with van der Waals surface area (Å²) >= 11 is 0. The highest BCUT2D eigenvalue weighted by Crippen LogP contribution is 2.30. The molecular formula is C16H23FN2O2. The third kappa shape index (κ3) is 4.43. The predicted molar refractivity (Wildman–Crippen MR) is 79.5 cm³/mol. The van der Waals surface area contributed by atoms with Crippen LogP contribution in [0.4, 0.5) is 9.18 Å². The van der Waals surface area contributed by atoms with E-state index in [2.05, 4.69) is 10.6 Å². The van der Waals surface area contributed by atoms with Gasteiger partial charge < -0.3 is 15.7 Å². The molecule has 1 aromatic carbocycles. The molecular weight excluding hydrogens is 271 g/mol. The van der Waals surface area contributed by atoms with E-state index in [0.29, 0.717) is 6.42 Å². The molecule has 0 aromatic heterocycles. The molecule has 0 aliphatic heterocycles. The zero-order chi connectivity index (χ0) is 15.2. The van der Waals surface area contributed by atoms with Gasteiger partial charge in [0.2, 0.25) is 0 Å². The molecule has 0 saturated carbocycles. The number of halogens is 1. The number of aryl methyl sites for hydroxylation is 1. The molecule has 0 saturated heterocycles. The second-order valence-electron chi connectivity index (χ2n) is 5.58. The number of aliphatic hydroxyl groups is 1. The van der Waals surface area contributed by atoms with Crippen LogP contribution < -0.4 is 10.6 Å². The van der Waals surface area contributed by atoms with Gasteiger partial charge in [-0.3, -0.25) is 0 Å². The fourth-order valence-electron chi connectivity index (χ4n) is 2.77. The molecule has 2 atom stereocenters. The van der Waals surface area contributed by atoms with Crippen LogP contribution in [0.5, 0.6) is 0 Å². The van der Waals surface area contributed by atoms with E-state index in [1.807, 2.05) is 6.92 Å². The van der Waals surface area contributed by atoms with Crippen LogP contribution >= 0.6 is 0 Å². The van der Waals surface area contributed by atoms with Crippen LogP contribution in [0.25, 0.3) is 0 Å². The Bertz CT molecular complexity index is 493. The fourth-order valence-corrected chi connectivity index (χ4v) is 2.77. The van der Waals surface area contributed by atoms with E-state index in [9.17, 15) is 14.3 Å². The lowest BCUT2D eigenvalue weighted by Gasteiger charge is -2.26. The first-order valence-corrected chi connectivity index (χ1v) is 7.61. The van der Waals surface area contributed by atoms with Gasteiger partial charge in [-0.25, -0.2) is 9.18 Å². The number of amides is 2. The molecule has 1 aromatic rings. The normalized spacial score (nSPS) is 18.7. The number of rotatable bonds is 5. The Morgan fingerprint density at radius 2 is 2.33 bits per heavy atom. The minimum absolute atomic E-state index is 0.159. The number of carbonyl (C=O) groups is 1. The predicted octanol–water partition coefficient (Wildman–Crippen LogP) is 2.66. The Morgan fingerprint density at radius 1 is 1.52 bits per heavy atom. The van der Waals surface area contributed by atoms with Crippen molar-refractivity contribution in [1.29, 1.82) is 0 Å². The van der Waals surface area contributed by atoms with Crippen molar-refractivity contribution in [1.82, 2.24) is 10.6 Å². The van der Waals surface area contributed by atoms with E-state index in [4.69, 9.17) is 0 Å². The van der Waals surface area contributed by atoms with Crippen LogP contribution in [0.2, 0.25) is 0 Å². The molecule has 0 spiro atoms.